The molecule has 0 radical (unpaired) electrons. The summed E-state index contributed by atoms with van der Waals surface area (Å²) in [5, 5.41) is 7.73. The van der Waals surface area contributed by atoms with Gasteiger partial charge in [-0.25, -0.2) is 4.98 Å². The Kier molecular flexibility index (Phi) is 3.24. The minimum Gasteiger partial charge on any atom is -0.324 e. The van der Waals surface area contributed by atoms with E-state index in [9.17, 15) is 9.59 Å². The molecule has 3 aliphatic rings. The highest BCUT2D eigenvalue weighted by atomic mass is 32.2. The van der Waals surface area contributed by atoms with E-state index in [-0.39, 0.29) is 17.7 Å². The first kappa shape index (κ1) is 16.9. The Morgan fingerprint density at radius 2 is 1.86 bits per heavy atom. The number of aromatic nitrogens is 3. The van der Waals surface area contributed by atoms with E-state index in [0.29, 0.717) is 11.7 Å². The molecule has 0 aliphatic carbocycles. The number of nitrogens with one attached hydrogen (secondary N) is 1. The van der Waals surface area contributed by atoms with Crippen LogP contribution in [-0.4, -0.2) is 49.8 Å². The van der Waals surface area contributed by atoms with Crippen LogP contribution in [0.5, 0.6) is 0 Å². The van der Waals surface area contributed by atoms with Crippen LogP contribution in [0.25, 0.3) is 0 Å². The molecule has 4 heterocycles. The lowest BCUT2D eigenvalue weighted by molar-refractivity contribution is -0.126. The Balaban J connectivity index is 1.68. The summed E-state index contributed by atoms with van der Waals surface area (Å²) in [4.78, 5) is 33.9. The van der Waals surface area contributed by atoms with E-state index in [1.807, 2.05) is 66.5 Å². The van der Waals surface area contributed by atoms with Gasteiger partial charge in [-0.2, -0.15) is 9.78 Å². The molecule has 29 heavy (non-hydrogen) atoms. The van der Waals surface area contributed by atoms with E-state index in [2.05, 4.69) is 15.4 Å². The lowest BCUT2D eigenvalue weighted by Gasteiger charge is -2.41. The van der Waals surface area contributed by atoms with Crippen molar-refractivity contribution in [3.05, 3.63) is 72.1 Å². The zero-order valence-corrected chi connectivity index (χ0v) is 16.4. The maximum Gasteiger partial charge on any atom is 0.269 e. The summed E-state index contributed by atoms with van der Waals surface area (Å²) in [6.07, 6.45) is 1.39. The number of carbonyl (C=O) groups excluding carboxylic acids is 2. The second kappa shape index (κ2) is 5.55. The molecule has 1 amide bonds. The first-order valence-corrected chi connectivity index (χ1v) is 10.2. The van der Waals surface area contributed by atoms with Gasteiger partial charge in [-0.05, 0) is 18.7 Å². The molecule has 1 N–H and O–H groups in total. The van der Waals surface area contributed by atoms with Crippen LogP contribution in [0.2, 0.25) is 0 Å². The van der Waals surface area contributed by atoms with Gasteiger partial charge in [0.15, 0.2) is 10.7 Å². The molecule has 2 spiro atoms. The lowest BCUT2D eigenvalue weighted by atomic mass is 9.72. The Labute approximate surface area is 171 Å². The summed E-state index contributed by atoms with van der Waals surface area (Å²) in [6.45, 7) is 0.565. The van der Waals surface area contributed by atoms with Crippen LogP contribution < -0.4 is 5.32 Å². The van der Waals surface area contributed by atoms with Gasteiger partial charge in [0.1, 0.15) is 11.1 Å². The Bertz CT molecular complexity index is 1180. The van der Waals surface area contributed by atoms with E-state index in [1.54, 1.807) is 0 Å². The monoisotopic (exact) mass is 403 g/mol. The number of rotatable bonds is 1. The Morgan fingerprint density at radius 1 is 1.10 bits per heavy atom. The molecule has 0 saturated carbocycles. The second-order valence-electron chi connectivity index (χ2n) is 7.65. The normalized spacial score (nSPS) is 30.2. The number of carbonyl (C=O) groups is 2. The highest BCUT2D eigenvalue weighted by molar-refractivity contribution is 8.01. The number of amides is 1. The highest BCUT2D eigenvalue weighted by Crippen LogP contribution is 2.66. The van der Waals surface area contributed by atoms with Crippen LogP contribution in [0.4, 0.5) is 5.69 Å². The van der Waals surface area contributed by atoms with Crippen molar-refractivity contribution in [2.24, 2.45) is 0 Å². The van der Waals surface area contributed by atoms with Crippen LogP contribution in [0.3, 0.4) is 0 Å². The molecule has 3 aromatic rings. The summed E-state index contributed by atoms with van der Waals surface area (Å²) >= 11 is 1.37. The third-order valence-electron chi connectivity index (χ3n) is 6.43. The molecule has 1 saturated heterocycles. The van der Waals surface area contributed by atoms with E-state index in [4.69, 9.17) is 0 Å². The van der Waals surface area contributed by atoms with Crippen LogP contribution in [-0.2, 0) is 10.3 Å². The fourth-order valence-corrected chi connectivity index (χ4v) is 6.96. The maximum atomic E-state index is 14.0. The zero-order valence-electron chi connectivity index (χ0n) is 15.6. The number of para-hydroxylation sites is 1. The second-order valence-corrected chi connectivity index (χ2v) is 8.86. The van der Waals surface area contributed by atoms with E-state index >= 15 is 0 Å². The summed E-state index contributed by atoms with van der Waals surface area (Å²) in [5.74, 6) is -0.571. The van der Waals surface area contributed by atoms with E-state index in [1.165, 1.54) is 22.8 Å². The molecule has 3 atom stereocenters. The molecule has 3 aliphatic heterocycles. The molecule has 1 aromatic heterocycles. The third kappa shape index (κ3) is 1.79. The summed E-state index contributed by atoms with van der Waals surface area (Å²) < 4.78 is 0.256. The van der Waals surface area contributed by atoms with Crippen molar-refractivity contribution < 1.29 is 9.59 Å². The van der Waals surface area contributed by atoms with E-state index in [0.717, 1.165) is 16.8 Å². The summed E-state index contributed by atoms with van der Waals surface area (Å²) in [5.41, 5.74) is 1.47. The quantitative estimate of drug-likeness (QED) is 0.672. The zero-order chi connectivity index (χ0) is 19.8. The predicted octanol–water partition coefficient (Wildman–Crippen LogP) is 2.34. The predicted molar refractivity (Wildman–Crippen MR) is 108 cm³/mol. The minimum absolute atomic E-state index is 0.175. The van der Waals surface area contributed by atoms with Gasteiger partial charge in [-0.15, -0.1) is 0 Å². The van der Waals surface area contributed by atoms with Crippen molar-refractivity contribution in [2.75, 3.05) is 18.9 Å². The molecule has 8 heteroatoms. The molecule has 0 unspecified atom stereocenters. The number of fused-ring (bicyclic) bond motifs is 4. The number of anilines is 1. The number of hydrogen-bond acceptors (Lipinski definition) is 6. The van der Waals surface area contributed by atoms with Crippen molar-refractivity contribution in [1.82, 2.24) is 19.7 Å². The first-order valence-electron chi connectivity index (χ1n) is 9.41. The molecule has 7 nitrogen and oxygen atoms in total. The average Bonchev–Trinajstić information content (AvgIpc) is 3.44. The van der Waals surface area contributed by atoms with Gasteiger partial charge in [0.25, 0.3) is 11.8 Å². The van der Waals surface area contributed by atoms with Gasteiger partial charge in [0.2, 0.25) is 0 Å². The van der Waals surface area contributed by atoms with Crippen LogP contribution in [0.1, 0.15) is 21.8 Å². The van der Waals surface area contributed by atoms with Crippen molar-refractivity contribution in [3.63, 3.8) is 0 Å². The summed E-state index contributed by atoms with van der Waals surface area (Å²) in [6, 6.07) is 17.6. The van der Waals surface area contributed by atoms with Gasteiger partial charge in [-0.3, -0.25) is 14.5 Å². The van der Waals surface area contributed by atoms with Crippen LogP contribution >= 0.6 is 11.8 Å². The third-order valence-corrected chi connectivity index (χ3v) is 7.97. The largest absolute Gasteiger partial charge is 0.324 e. The first-order chi connectivity index (χ1) is 14.1. The molecule has 144 valence electrons. The van der Waals surface area contributed by atoms with Gasteiger partial charge in [0.05, 0.1) is 0 Å². The number of hydrogen-bond donors (Lipinski definition) is 1. The van der Waals surface area contributed by atoms with Gasteiger partial charge in [0, 0.05) is 23.7 Å². The minimum atomic E-state index is -1.14. The number of nitrogens with zero attached hydrogens (tertiary/aromatic N) is 4. The number of likely N-dealkylation sites (N-methyl/N-ethyl adjacent to an activating group) is 1. The number of benzene rings is 2. The molecular weight excluding hydrogens is 386 g/mol. The van der Waals surface area contributed by atoms with Crippen molar-refractivity contribution >= 4 is 29.3 Å². The molecule has 2 aromatic carbocycles. The SMILES string of the molecule is CN1C[C@@H](c2ccccc2)[C@@]2(Sc3ncnn3C2=O)[C@@]12C(=O)Nc1ccccc12. The summed E-state index contributed by atoms with van der Waals surface area (Å²) in [7, 11) is 1.93. The Morgan fingerprint density at radius 3 is 2.66 bits per heavy atom. The molecular formula is C21H17N5O2S. The lowest BCUT2D eigenvalue weighted by Crippen LogP contribution is -2.61. The molecule has 0 bridgehead atoms. The van der Waals surface area contributed by atoms with Crippen LogP contribution in [0, 0.1) is 0 Å². The maximum absolute atomic E-state index is 14.0. The van der Waals surface area contributed by atoms with Crippen molar-refractivity contribution in [2.45, 2.75) is 21.4 Å². The van der Waals surface area contributed by atoms with Crippen molar-refractivity contribution in [3.8, 4) is 0 Å². The average molecular weight is 403 g/mol. The van der Waals surface area contributed by atoms with Crippen molar-refractivity contribution in [1.29, 1.82) is 0 Å². The highest BCUT2D eigenvalue weighted by Gasteiger charge is 2.77. The van der Waals surface area contributed by atoms with Gasteiger partial charge < -0.3 is 5.32 Å². The standard InChI is InChI=1S/C21H17N5O2S/c1-25-11-15(13-7-3-2-4-8-13)21(18(28)26-19(29-21)22-12-23-26)20(25)14-9-5-6-10-16(14)24-17(20)27/h2-10,12,15H,11H2,1H3,(H,24,27)/t15-,20+,21-/m0/s1. The molecule has 1 fully saturated rings. The van der Waals surface area contributed by atoms with Crippen LogP contribution in [0.15, 0.2) is 66.1 Å². The topological polar surface area (TPSA) is 80.1 Å². The number of likely N-dealkylation sites (tertiary alicyclic amines) is 1. The smallest absolute Gasteiger partial charge is 0.269 e. The van der Waals surface area contributed by atoms with Gasteiger partial charge in [-0.1, -0.05) is 60.3 Å². The fraction of sp³-hybridized carbons (Fsp3) is 0.238. The van der Waals surface area contributed by atoms with Gasteiger partial charge >= 0.3 is 0 Å². The Hall–Kier alpha value is -2.97. The molecule has 6 rings (SSSR count). The van der Waals surface area contributed by atoms with E-state index < -0.39 is 10.3 Å². The number of thioether (sulfide) groups is 1. The fourth-order valence-electron chi connectivity index (χ4n) is 5.32.